The molecular weight excluding hydrogens is 512 g/mol. The average molecular weight is 553 g/mol. The third-order valence-corrected chi connectivity index (χ3v) is 10.7. The van der Waals surface area contributed by atoms with Crippen molar-refractivity contribution in [2.24, 2.45) is 46.3 Å². The lowest BCUT2D eigenvalue weighted by Gasteiger charge is -2.56. The first-order chi connectivity index (χ1) is 19.1. The molecule has 8 heteroatoms. The van der Waals surface area contributed by atoms with Crippen molar-refractivity contribution in [2.75, 3.05) is 13.2 Å². The number of carbonyl (C=O) groups is 4. The van der Waals surface area contributed by atoms with Crippen molar-refractivity contribution in [3.05, 3.63) is 35.5 Å². The first-order valence-corrected chi connectivity index (χ1v) is 15.0. The maximum atomic E-state index is 12.7. The predicted octanol–water partition coefficient (Wildman–Crippen LogP) is 3.95. The highest BCUT2D eigenvalue weighted by atomic mass is 16.6. The van der Waals surface area contributed by atoms with Crippen LogP contribution in [0.3, 0.4) is 0 Å². The van der Waals surface area contributed by atoms with Crippen molar-refractivity contribution in [3.63, 3.8) is 0 Å². The van der Waals surface area contributed by atoms with Crippen LogP contribution in [0.25, 0.3) is 0 Å². The number of hydrogen-bond acceptors (Lipinski definition) is 8. The van der Waals surface area contributed by atoms with Gasteiger partial charge in [0.25, 0.3) is 0 Å². The molecule has 0 aliphatic heterocycles. The van der Waals surface area contributed by atoms with Crippen LogP contribution in [0.5, 0.6) is 0 Å². The van der Waals surface area contributed by atoms with Crippen molar-refractivity contribution >= 4 is 23.9 Å². The van der Waals surface area contributed by atoms with Crippen LogP contribution in [0, 0.1) is 46.3 Å². The minimum absolute atomic E-state index is 0.0591. The van der Waals surface area contributed by atoms with Crippen LogP contribution in [-0.2, 0) is 28.7 Å². The van der Waals surface area contributed by atoms with E-state index in [-0.39, 0.29) is 22.0 Å². The molecule has 8 rings (SSSR count). The lowest BCUT2D eigenvalue weighted by atomic mass is 9.49. The number of allylic oxidation sites excluding steroid dienone is 2. The van der Waals surface area contributed by atoms with E-state index in [1.54, 1.807) is 0 Å². The Bertz CT molecular complexity index is 1010. The maximum absolute atomic E-state index is 12.7. The number of rotatable bonds is 8. The summed E-state index contributed by atoms with van der Waals surface area (Å²) in [5.41, 5.74) is -0.126. The van der Waals surface area contributed by atoms with Crippen LogP contribution < -0.4 is 0 Å². The third-order valence-electron chi connectivity index (χ3n) is 10.7. The molecule has 40 heavy (non-hydrogen) atoms. The Labute approximate surface area is 234 Å². The van der Waals surface area contributed by atoms with Crippen molar-refractivity contribution < 1.29 is 38.9 Å². The molecule has 8 saturated carbocycles. The Morgan fingerprint density at radius 2 is 0.825 bits per heavy atom. The zero-order valence-corrected chi connectivity index (χ0v) is 23.0. The molecule has 8 bridgehead atoms. The van der Waals surface area contributed by atoms with Gasteiger partial charge in [0, 0.05) is 12.2 Å². The number of hydrogen-bond donors (Lipinski definition) is 2. The average Bonchev–Trinajstić information content (AvgIpc) is 2.87. The number of esters is 4. The largest absolute Gasteiger partial charge is 0.391 e. The van der Waals surface area contributed by atoms with Crippen molar-refractivity contribution in [1.29, 1.82) is 0 Å². The van der Waals surface area contributed by atoms with Gasteiger partial charge >= 0.3 is 23.9 Å². The molecule has 0 spiro atoms. The SMILES string of the molecule is O=C(/C=C\C(=O)OC(=O)C(=CC12CC3CC(CC(C3)C1)C2)CO)OC(=O)C(=CC12CC3CC(CC(C3)C1)C2)CO. The molecule has 0 heterocycles. The lowest BCUT2D eigenvalue weighted by molar-refractivity contribution is -0.156. The van der Waals surface area contributed by atoms with E-state index in [1.165, 1.54) is 38.5 Å². The minimum atomic E-state index is -1.09. The molecule has 0 amide bonds. The molecule has 0 aromatic heterocycles. The van der Waals surface area contributed by atoms with Gasteiger partial charge in [0.05, 0.1) is 24.4 Å². The highest BCUT2D eigenvalue weighted by molar-refractivity contribution is 6.04. The van der Waals surface area contributed by atoms with Crippen LogP contribution in [0.4, 0.5) is 0 Å². The van der Waals surface area contributed by atoms with Gasteiger partial charge in [-0.15, -0.1) is 0 Å². The second kappa shape index (κ2) is 10.7. The van der Waals surface area contributed by atoms with Gasteiger partial charge in [-0.1, -0.05) is 12.2 Å². The molecule has 0 saturated heterocycles. The van der Waals surface area contributed by atoms with E-state index in [1.807, 2.05) is 12.2 Å². The Morgan fingerprint density at radius 3 is 1.07 bits per heavy atom. The Morgan fingerprint density at radius 1 is 0.550 bits per heavy atom. The fourth-order valence-electron chi connectivity index (χ4n) is 10.3. The number of carbonyl (C=O) groups excluding carboxylic acids is 4. The Kier molecular flexibility index (Phi) is 7.36. The van der Waals surface area contributed by atoms with E-state index in [0.29, 0.717) is 35.5 Å². The molecule has 0 aromatic carbocycles. The van der Waals surface area contributed by atoms with Crippen molar-refractivity contribution in [2.45, 2.75) is 77.0 Å². The zero-order valence-electron chi connectivity index (χ0n) is 23.0. The van der Waals surface area contributed by atoms with Gasteiger partial charge in [0.15, 0.2) is 0 Å². The van der Waals surface area contributed by atoms with E-state index >= 15 is 0 Å². The second-order valence-electron chi connectivity index (χ2n) is 14.0. The standard InChI is InChI=1S/C32H40O8/c33-17-25(15-31-9-19-3-20(10-31)5-21(4-19)11-31)29(37)39-27(35)1-2-28(36)40-30(38)26(18-34)16-32-12-22-6-23(13-32)8-24(7-22)14-32/h1-2,15-16,19-24,33-34H,3-14,17-18H2/b2-1-,25-15?,26-16?. The Hall–Kier alpha value is -2.58. The van der Waals surface area contributed by atoms with Crippen LogP contribution in [-0.4, -0.2) is 47.3 Å². The summed E-state index contributed by atoms with van der Waals surface area (Å²) in [7, 11) is 0. The van der Waals surface area contributed by atoms with E-state index in [9.17, 15) is 29.4 Å². The predicted molar refractivity (Wildman–Crippen MR) is 143 cm³/mol. The first kappa shape index (κ1) is 27.6. The molecule has 0 radical (unpaired) electrons. The molecule has 2 N–H and O–H groups in total. The van der Waals surface area contributed by atoms with Gasteiger partial charge in [0.1, 0.15) is 0 Å². The molecule has 0 aromatic rings. The molecule has 8 nitrogen and oxygen atoms in total. The summed E-state index contributed by atoms with van der Waals surface area (Å²) in [5.74, 6) is -0.101. The monoisotopic (exact) mass is 552 g/mol. The van der Waals surface area contributed by atoms with Gasteiger partial charge < -0.3 is 19.7 Å². The van der Waals surface area contributed by atoms with Gasteiger partial charge in [-0.25, -0.2) is 19.2 Å². The van der Waals surface area contributed by atoms with Crippen molar-refractivity contribution in [3.8, 4) is 0 Å². The smallest absolute Gasteiger partial charge is 0.343 e. The molecule has 0 atom stereocenters. The highest BCUT2D eigenvalue weighted by Gasteiger charge is 2.51. The minimum Gasteiger partial charge on any atom is -0.391 e. The van der Waals surface area contributed by atoms with Crippen LogP contribution in [0.1, 0.15) is 77.0 Å². The molecule has 8 aliphatic carbocycles. The third kappa shape index (κ3) is 5.62. The zero-order chi connectivity index (χ0) is 28.1. The molecule has 216 valence electrons. The van der Waals surface area contributed by atoms with E-state index in [4.69, 9.17) is 9.47 Å². The summed E-state index contributed by atoms with van der Waals surface area (Å²) < 4.78 is 9.73. The van der Waals surface area contributed by atoms with Gasteiger partial charge in [-0.05, 0) is 123 Å². The van der Waals surface area contributed by atoms with Crippen molar-refractivity contribution in [1.82, 2.24) is 0 Å². The highest BCUT2D eigenvalue weighted by Crippen LogP contribution is 2.62. The molecule has 8 fully saturated rings. The quantitative estimate of drug-likeness (QED) is 0.263. The second-order valence-corrected chi connectivity index (χ2v) is 14.0. The van der Waals surface area contributed by atoms with Gasteiger partial charge in [0.2, 0.25) is 0 Å². The van der Waals surface area contributed by atoms with Crippen LogP contribution >= 0.6 is 0 Å². The summed E-state index contributed by atoms with van der Waals surface area (Å²) in [6.45, 7) is -1.07. The summed E-state index contributed by atoms with van der Waals surface area (Å²) >= 11 is 0. The Balaban J connectivity index is 1.03. The summed E-state index contributed by atoms with van der Waals surface area (Å²) in [6, 6.07) is 0. The first-order valence-electron chi connectivity index (χ1n) is 15.0. The van der Waals surface area contributed by atoms with E-state index < -0.39 is 37.1 Å². The van der Waals surface area contributed by atoms with E-state index in [2.05, 4.69) is 0 Å². The number of aliphatic hydroxyl groups is 2. The summed E-state index contributed by atoms with van der Waals surface area (Å²) in [6.07, 6.45) is 18.6. The normalized spacial score (nSPS) is 39.5. The summed E-state index contributed by atoms with van der Waals surface area (Å²) in [4.78, 5) is 49.8. The molecular formula is C32H40O8. The fraction of sp³-hybridized carbons (Fsp3) is 0.688. The number of ether oxygens (including phenoxy) is 2. The fourth-order valence-corrected chi connectivity index (χ4v) is 10.3. The van der Waals surface area contributed by atoms with Crippen LogP contribution in [0.15, 0.2) is 35.5 Å². The van der Waals surface area contributed by atoms with Crippen LogP contribution in [0.2, 0.25) is 0 Å². The molecule has 8 aliphatic rings. The van der Waals surface area contributed by atoms with Gasteiger partial charge in [-0.3, -0.25) is 0 Å². The number of aliphatic hydroxyl groups excluding tert-OH is 2. The maximum Gasteiger partial charge on any atom is 0.343 e. The van der Waals surface area contributed by atoms with E-state index in [0.717, 1.165) is 50.7 Å². The topological polar surface area (TPSA) is 127 Å². The van der Waals surface area contributed by atoms with Gasteiger partial charge in [-0.2, -0.15) is 0 Å². The molecule has 0 unspecified atom stereocenters. The summed E-state index contributed by atoms with van der Waals surface area (Å²) in [5, 5.41) is 19.7. The lowest BCUT2D eigenvalue weighted by Crippen LogP contribution is -2.45.